The topological polar surface area (TPSA) is 30.0 Å². The van der Waals surface area contributed by atoms with E-state index in [0.717, 1.165) is 30.7 Å². The summed E-state index contributed by atoms with van der Waals surface area (Å²) in [5, 5.41) is 0. The van der Waals surface area contributed by atoms with E-state index >= 15 is 0 Å². The molecule has 1 heterocycles. The smallest absolute Gasteiger partial charge is 0.181 e. The Labute approximate surface area is 115 Å². The van der Waals surface area contributed by atoms with Gasteiger partial charge in [0.05, 0.1) is 5.69 Å². The van der Waals surface area contributed by atoms with Crippen molar-refractivity contribution < 1.29 is 4.79 Å². The SMILES string of the molecule is CC1(C)CCC(C)(C)c2nc3c(cc21)CCCC3=O. The summed E-state index contributed by atoms with van der Waals surface area (Å²) < 4.78 is 0. The molecule has 0 saturated carbocycles. The Balaban J connectivity index is 2.25. The van der Waals surface area contributed by atoms with Crippen LogP contribution in [-0.4, -0.2) is 10.8 Å². The molecule has 0 atom stereocenters. The summed E-state index contributed by atoms with van der Waals surface area (Å²) in [6.45, 7) is 9.13. The van der Waals surface area contributed by atoms with Crippen LogP contribution in [0.5, 0.6) is 0 Å². The first kappa shape index (κ1) is 12.8. The van der Waals surface area contributed by atoms with E-state index in [2.05, 4.69) is 33.8 Å². The Morgan fingerprint density at radius 2 is 1.74 bits per heavy atom. The van der Waals surface area contributed by atoms with Crippen LogP contribution in [0, 0.1) is 0 Å². The minimum absolute atomic E-state index is 0.0949. The Kier molecular flexibility index (Phi) is 2.64. The van der Waals surface area contributed by atoms with Gasteiger partial charge in [0.15, 0.2) is 5.78 Å². The number of carbonyl (C=O) groups is 1. The second kappa shape index (κ2) is 3.91. The molecular formula is C17H23NO. The average molecular weight is 257 g/mol. The van der Waals surface area contributed by atoms with E-state index in [1.807, 2.05) is 0 Å². The molecule has 2 aliphatic carbocycles. The van der Waals surface area contributed by atoms with Crippen LogP contribution in [0.25, 0.3) is 0 Å². The molecule has 0 saturated heterocycles. The van der Waals surface area contributed by atoms with Crippen LogP contribution in [-0.2, 0) is 17.3 Å². The molecule has 0 bridgehead atoms. The zero-order chi connectivity index (χ0) is 13.8. The third kappa shape index (κ3) is 1.92. The highest BCUT2D eigenvalue weighted by atomic mass is 16.1. The largest absolute Gasteiger partial charge is 0.292 e. The molecule has 1 aromatic rings. The quantitative estimate of drug-likeness (QED) is 0.704. The number of rotatable bonds is 0. The van der Waals surface area contributed by atoms with E-state index < -0.39 is 0 Å². The summed E-state index contributed by atoms with van der Waals surface area (Å²) in [5.41, 5.74) is 4.76. The highest BCUT2D eigenvalue weighted by Crippen LogP contribution is 2.45. The fourth-order valence-electron chi connectivity index (χ4n) is 3.45. The molecule has 2 aliphatic rings. The molecule has 0 N–H and O–H groups in total. The van der Waals surface area contributed by atoms with Crippen LogP contribution in [0.1, 0.15) is 80.7 Å². The third-order valence-electron chi connectivity index (χ3n) is 4.96. The second-order valence-electron chi connectivity index (χ2n) is 7.44. The van der Waals surface area contributed by atoms with E-state index in [9.17, 15) is 4.79 Å². The molecule has 0 unspecified atom stereocenters. The summed E-state index contributed by atoms with van der Waals surface area (Å²) >= 11 is 0. The lowest BCUT2D eigenvalue weighted by atomic mass is 9.64. The Morgan fingerprint density at radius 1 is 1.05 bits per heavy atom. The van der Waals surface area contributed by atoms with Gasteiger partial charge in [-0.3, -0.25) is 4.79 Å². The van der Waals surface area contributed by atoms with Crippen molar-refractivity contribution in [3.8, 4) is 0 Å². The van der Waals surface area contributed by atoms with Crippen LogP contribution in [0.2, 0.25) is 0 Å². The molecule has 0 aliphatic heterocycles. The molecule has 0 amide bonds. The van der Waals surface area contributed by atoms with Gasteiger partial charge in [0, 0.05) is 11.8 Å². The molecule has 0 fully saturated rings. The number of hydrogen-bond acceptors (Lipinski definition) is 2. The first-order valence-electron chi connectivity index (χ1n) is 7.39. The molecule has 102 valence electrons. The maximum atomic E-state index is 12.1. The molecule has 0 aromatic carbocycles. The molecule has 19 heavy (non-hydrogen) atoms. The lowest BCUT2D eigenvalue weighted by Gasteiger charge is -2.41. The molecule has 1 aromatic heterocycles. The molecule has 3 rings (SSSR count). The minimum atomic E-state index is 0.0949. The van der Waals surface area contributed by atoms with Crippen molar-refractivity contribution in [2.75, 3.05) is 0 Å². The fraction of sp³-hybridized carbons (Fsp3) is 0.647. The number of nitrogens with zero attached hydrogens (tertiary/aromatic N) is 1. The maximum Gasteiger partial charge on any atom is 0.181 e. The number of pyridine rings is 1. The predicted octanol–water partition coefficient (Wildman–Crippen LogP) is 3.95. The zero-order valence-corrected chi connectivity index (χ0v) is 12.5. The van der Waals surface area contributed by atoms with Crippen molar-refractivity contribution in [2.24, 2.45) is 0 Å². The summed E-state index contributed by atoms with van der Waals surface area (Å²) in [6, 6.07) is 2.29. The number of aromatic nitrogens is 1. The van der Waals surface area contributed by atoms with Crippen molar-refractivity contribution in [3.63, 3.8) is 0 Å². The highest BCUT2D eigenvalue weighted by Gasteiger charge is 2.39. The molecule has 2 heteroatoms. The monoisotopic (exact) mass is 257 g/mol. The molecule has 0 spiro atoms. The van der Waals surface area contributed by atoms with Crippen molar-refractivity contribution in [1.82, 2.24) is 4.98 Å². The first-order chi connectivity index (χ1) is 8.81. The first-order valence-corrected chi connectivity index (χ1v) is 7.39. The van der Waals surface area contributed by atoms with Crippen molar-refractivity contribution in [3.05, 3.63) is 28.6 Å². The van der Waals surface area contributed by atoms with E-state index in [1.54, 1.807) is 0 Å². The third-order valence-corrected chi connectivity index (χ3v) is 4.96. The normalized spacial score (nSPS) is 23.7. The van der Waals surface area contributed by atoms with E-state index in [-0.39, 0.29) is 16.6 Å². The van der Waals surface area contributed by atoms with Gasteiger partial charge in [0.25, 0.3) is 0 Å². The summed E-state index contributed by atoms with van der Waals surface area (Å²) in [6.07, 6.45) is 5.00. The minimum Gasteiger partial charge on any atom is -0.292 e. The number of Topliss-reactive ketones (excluding diaryl/α,β-unsaturated/α-hetero) is 1. The molecule has 0 radical (unpaired) electrons. The number of carbonyl (C=O) groups excluding carboxylic acids is 1. The van der Waals surface area contributed by atoms with Gasteiger partial charge in [-0.05, 0) is 42.2 Å². The number of fused-ring (bicyclic) bond motifs is 2. The van der Waals surface area contributed by atoms with Crippen LogP contribution < -0.4 is 0 Å². The highest BCUT2D eigenvalue weighted by molar-refractivity contribution is 5.96. The molecular weight excluding hydrogens is 234 g/mol. The summed E-state index contributed by atoms with van der Waals surface area (Å²) in [4.78, 5) is 16.9. The van der Waals surface area contributed by atoms with Gasteiger partial charge < -0.3 is 0 Å². The van der Waals surface area contributed by atoms with Gasteiger partial charge in [0.2, 0.25) is 0 Å². The van der Waals surface area contributed by atoms with E-state index in [4.69, 9.17) is 4.98 Å². The maximum absolute atomic E-state index is 12.1. The van der Waals surface area contributed by atoms with Gasteiger partial charge in [-0.25, -0.2) is 4.98 Å². The number of aryl methyl sites for hydroxylation is 1. The molecule has 2 nitrogen and oxygen atoms in total. The van der Waals surface area contributed by atoms with E-state index in [1.165, 1.54) is 17.5 Å². The van der Waals surface area contributed by atoms with Crippen LogP contribution in [0.3, 0.4) is 0 Å². The predicted molar refractivity (Wildman–Crippen MR) is 76.8 cm³/mol. The van der Waals surface area contributed by atoms with Crippen molar-refractivity contribution >= 4 is 5.78 Å². The fourth-order valence-corrected chi connectivity index (χ4v) is 3.45. The number of hydrogen-bond donors (Lipinski definition) is 0. The van der Waals surface area contributed by atoms with Gasteiger partial charge >= 0.3 is 0 Å². The number of ketones is 1. The van der Waals surface area contributed by atoms with E-state index in [0.29, 0.717) is 6.42 Å². The standard InChI is InChI=1S/C17H23NO/c1-16(2)8-9-17(3,4)15-12(16)10-11-6-5-7-13(19)14(11)18-15/h10H,5-9H2,1-4H3. The van der Waals surface area contributed by atoms with Crippen molar-refractivity contribution in [2.45, 2.75) is 70.6 Å². The van der Waals surface area contributed by atoms with Gasteiger partial charge in [0.1, 0.15) is 5.69 Å². The van der Waals surface area contributed by atoms with Crippen LogP contribution in [0.4, 0.5) is 0 Å². The van der Waals surface area contributed by atoms with Gasteiger partial charge in [-0.1, -0.05) is 33.8 Å². The van der Waals surface area contributed by atoms with Crippen LogP contribution >= 0.6 is 0 Å². The zero-order valence-electron chi connectivity index (χ0n) is 12.5. The van der Waals surface area contributed by atoms with Crippen molar-refractivity contribution in [1.29, 1.82) is 0 Å². The lowest BCUT2D eigenvalue weighted by Crippen LogP contribution is -2.36. The van der Waals surface area contributed by atoms with Gasteiger partial charge in [-0.15, -0.1) is 0 Å². The summed E-state index contributed by atoms with van der Waals surface area (Å²) in [5.74, 6) is 0.239. The van der Waals surface area contributed by atoms with Crippen LogP contribution in [0.15, 0.2) is 6.07 Å². The summed E-state index contributed by atoms with van der Waals surface area (Å²) in [7, 11) is 0. The van der Waals surface area contributed by atoms with Gasteiger partial charge in [-0.2, -0.15) is 0 Å². The Bertz CT molecular complexity index is 555. The average Bonchev–Trinajstić information content (AvgIpc) is 2.35. The Hall–Kier alpha value is -1.18. The second-order valence-corrected chi connectivity index (χ2v) is 7.44. The lowest BCUT2D eigenvalue weighted by molar-refractivity contribution is 0.0966. The Morgan fingerprint density at radius 3 is 2.47 bits per heavy atom.